The molecule has 0 aliphatic rings. The maximum absolute atomic E-state index is 5.86. The number of hydrogen-bond acceptors (Lipinski definition) is 2. The Morgan fingerprint density at radius 1 is 0.909 bits per heavy atom. The predicted octanol–water partition coefficient (Wildman–Crippen LogP) is 4.56. The summed E-state index contributed by atoms with van der Waals surface area (Å²) in [7, 11) is 0. The van der Waals surface area contributed by atoms with Crippen molar-refractivity contribution in [1.29, 1.82) is 0 Å². The van der Waals surface area contributed by atoms with Gasteiger partial charge in [0.15, 0.2) is 0 Å². The number of benzene rings is 2. The van der Waals surface area contributed by atoms with Crippen LogP contribution in [-0.4, -0.2) is 0 Å². The van der Waals surface area contributed by atoms with Gasteiger partial charge in [-0.25, -0.2) is 0 Å². The third-order valence-corrected chi connectivity index (χ3v) is 4.25. The van der Waals surface area contributed by atoms with E-state index in [-0.39, 0.29) is 0 Å². The first kappa shape index (κ1) is 16.6. The lowest BCUT2D eigenvalue weighted by atomic mass is 9.91. The summed E-state index contributed by atoms with van der Waals surface area (Å²) in [6.45, 7) is 8.04. The minimum atomic E-state index is 0.566. The van der Waals surface area contributed by atoms with Gasteiger partial charge in [0.25, 0.3) is 0 Å². The molecule has 22 heavy (non-hydrogen) atoms. The normalized spacial score (nSPS) is 12.4. The lowest BCUT2D eigenvalue weighted by Crippen LogP contribution is -2.07. The standard InChI is InChI=1S/C20H27NO/c1-15(2)16(3)11-18-5-4-6-19(12-18)14-22-20-9-7-17(13-21)8-10-20/h4-10,12,15-16H,11,13-14,21H2,1-3H3. The van der Waals surface area contributed by atoms with Crippen LogP contribution in [0.3, 0.4) is 0 Å². The van der Waals surface area contributed by atoms with Crippen molar-refractivity contribution in [2.24, 2.45) is 17.6 Å². The summed E-state index contributed by atoms with van der Waals surface area (Å²) in [5, 5.41) is 0. The van der Waals surface area contributed by atoms with Crippen LogP contribution in [0.25, 0.3) is 0 Å². The van der Waals surface area contributed by atoms with Crippen LogP contribution in [-0.2, 0) is 19.6 Å². The molecule has 0 bridgehead atoms. The molecule has 1 unspecified atom stereocenters. The van der Waals surface area contributed by atoms with E-state index in [4.69, 9.17) is 10.5 Å². The monoisotopic (exact) mass is 297 g/mol. The molecule has 2 rings (SSSR count). The van der Waals surface area contributed by atoms with E-state index in [9.17, 15) is 0 Å². The molecule has 0 aliphatic carbocycles. The molecule has 0 aliphatic heterocycles. The molecule has 2 N–H and O–H groups in total. The Balaban J connectivity index is 1.94. The van der Waals surface area contributed by atoms with E-state index in [2.05, 4.69) is 45.0 Å². The van der Waals surface area contributed by atoms with E-state index >= 15 is 0 Å². The van der Waals surface area contributed by atoms with Crippen molar-refractivity contribution in [3.63, 3.8) is 0 Å². The van der Waals surface area contributed by atoms with Gasteiger partial charge in [0, 0.05) is 6.54 Å². The molecule has 0 saturated carbocycles. The summed E-state index contributed by atoms with van der Waals surface area (Å²) in [6, 6.07) is 16.7. The average molecular weight is 297 g/mol. The maximum Gasteiger partial charge on any atom is 0.119 e. The highest BCUT2D eigenvalue weighted by Gasteiger charge is 2.08. The van der Waals surface area contributed by atoms with Gasteiger partial charge in [0.05, 0.1) is 0 Å². The van der Waals surface area contributed by atoms with Gasteiger partial charge in [-0.2, -0.15) is 0 Å². The lowest BCUT2D eigenvalue weighted by molar-refractivity contribution is 0.306. The maximum atomic E-state index is 5.86. The summed E-state index contributed by atoms with van der Waals surface area (Å²) in [6.07, 6.45) is 1.12. The largest absolute Gasteiger partial charge is 0.489 e. The SMILES string of the molecule is CC(C)C(C)Cc1cccc(COc2ccc(CN)cc2)c1. The Hall–Kier alpha value is -1.80. The number of ether oxygens (including phenoxy) is 1. The van der Waals surface area contributed by atoms with Crippen molar-refractivity contribution in [2.45, 2.75) is 40.3 Å². The first-order valence-electron chi connectivity index (χ1n) is 8.08. The zero-order valence-corrected chi connectivity index (χ0v) is 13.9. The van der Waals surface area contributed by atoms with E-state index in [1.54, 1.807) is 0 Å². The Bertz CT molecular complexity index is 575. The van der Waals surface area contributed by atoms with Crippen LogP contribution in [0, 0.1) is 11.8 Å². The summed E-state index contributed by atoms with van der Waals surface area (Å²) in [5.41, 5.74) is 9.33. The molecule has 0 spiro atoms. The summed E-state index contributed by atoms with van der Waals surface area (Å²) in [4.78, 5) is 0. The number of nitrogens with two attached hydrogens (primary N) is 1. The van der Waals surface area contributed by atoms with Crippen molar-refractivity contribution < 1.29 is 4.74 Å². The fourth-order valence-electron chi connectivity index (χ4n) is 2.34. The van der Waals surface area contributed by atoms with Gasteiger partial charge in [-0.1, -0.05) is 57.2 Å². The van der Waals surface area contributed by atoms with Gasteiger partial charge in [0.1, 0.15) is 12.4 Å². The number of hydrogen-bond donors (Lipinski definition) is 1. The molecule has 0 radical (unpaired) electrons. The molecule has 1 atom stereocenters. The highest BCUT2D eigenvalue weighted by molar-refractivity contribution is 5.28. The van der Waals surface area contributed by atoms with Gasteiger partial charge in [-0.3, -0.25) is 0 Å². The van der Waals surface area contributed by atoms with Crippen LogP contribution in [0.1, 0.15) is 37.5 Å². The second-order valence-corrected chi connectivity index (χ2v) is 6.38. The molecule has 0 fully saturated rings. The summed E-state index contributed by atoms with van der Waals surface area (Å²) < 4.78 is 5.86. The molecular formula is C20H27NO. The minimum Gasteiger partial charge on any atom is -0.489 e. The molecule has 2 aromatic rings. The lowest BCUT2D eigenvalue weighted by Gasteiger charge is -2.16. The first-order valence-corrected chi connectivity index (χ1v) is 8.08. The first-order chi connectivity index (χ1) is 10.6. The van der Waals surface area contributed by atoms with Gasteiger partial charge in [-0.15, -0.1) is 0 Å². The molecule has 2 aromatic carbocycles. The van der Waals surface area contributed by atoms with Crippen LogP contribution < -0.4 is 10.5 Å². The van der Waals surface area contributed by atoms with Crippen molar-refractivity contribution in [3.8, 4) is 5.75 Å². The van der Waals surface area contributed by atoms with E-state index in [0.29, 0.717) is 25.0 Å². The van der Waals surface area contributed by atoms with E-state index < -0.39 is 0 Å². The Labute approximate surface area is 134 Å². The Morgan fingerprint density at radius 3 is 2.23 bits per heavy atom. The van der Waals surface area contributed by atoms with E-state index in [1.807, 2.05) is 24.3 Å². The molecule has 2 nitrogen and oxygen atoms in total. The fraction of sp³-hybridized carbons (Fsp3) is 0.400. The van der Waals surface area contributed by atoms with Crippen LogP contribution in [0.5, 0.6) is 5.75 Å². The quantitative estimate of drug-likeness (QED) is 0.813. The summed E-state index contributed by atoms with van der Waals surface area (Å²) in [5.74, 6) is 2.29. The highest BCUT2D eigenvalue weighted by atomic mass is 16.5. The topological polar surface area (TPSA) is 35.2 Å². The van der Waals surface area contributed by atoms with Crippen molar-refractivity contribution >= 4 is 0 Å². The van der Waals surface area contributed by atoms with Crippen LogP contribution in [0.2, 0.25) is 0 Å². The molecule has 118 valence electrons. The smallest absolute Gasteiger partial charge is 0.119 e. The van der Waals surface area contributed by atoms with E-state index in [1.165, 1.54) is 11.1 Å². The zero-order chi connectivity index (χ0) is 15.9. The zero-order valence-electron chi connectivity index (χ0n) is 13.9. The molecule has 0 aromatic heterocycles. The molecule has 2 heteroatoms. The van der Waals surface area contributed by atoms with Crippen molar-refractivity contribution in [2.75, 3.05) is 0 Å². The van der Waals surface area contributed by atoms with E-state index in [0.717, 1.165) is 17.7 Å². The number of rotatable bonds is 7. The second-order valence-electron chi connectivity index (χ2n) is 6.38. The fourth-order valence-corrected chi connectivity index (χ4v) is 2.34. The molecular weight excluding hydrogens is 270 g/mol. The van der Waals surface area contributed by atoms with Crippen LogP contribution in [0.4, 0.5) is 0 Å². The van der Waals surface area contributed by atoms with Gasteiger partial charge in [0.2, 0.25) is 0 Å². The Morgan fingerprint density at radius 2 is 1.59 bits per heavy atom. The Kier molecular flexibility index (Phi) is 6.02. The minimum absolute atomic E-state index is 0.566. The van der Waals surface area contributed by atoms with Gasteiger partial charge >= 0.3 is 0 Å². The van der Waals surface area contributed by atoms with Crippen LogP contribution >= 0.6 is 0 Å². The molecule has 0 heterocycles. The van der Waals surface area contributed by atoms with Gasteiger partial charge < -0.3 is 10.5 Å². The van der Waals surface area contributed by atoms with Crippen LogP contribution in [0.15, 0.2) is 48.5 Å². The average Bonchev–Trinajstić information content (AvgIpc) is 2.53. The third-order valence-electron chi connectivity index (χ3n) is 4.25. The second kappa shape index (κ2) is 8.00. The van der Waals surface area contributed by atoms with Crippen molar-refractivity contribution in [3.05, 3.63) is 65.2 Å². The summed E-state index contributed by atoms with van der Waals surface area (Å²) >= 11 is 0. The predicted molar refractivity (Wildman–Crippen MR) is 92.8 cm³/mol. The molecule has 0 saturated heterocycles. The van der Waals surface area contributed by atoms with Gasteiger partial charge in [-0.05, 0) is 47.1 Å². The molecule has 0 amide bonds. The highest BCUT2D eigenvalue weighted by Crippen LogP contribution is 2.19. The third kappa shape index (κ3) is 4.88. The van der Waals surface area contributed by atoms with Crippen molar-refractivity contribution in [1.82, 2.24) is 0 Å².